The van der Waals surface area contributed by atoms with Crippen molar-refractivity contribution in [1.29, 1.82) is 0 Å². The number of imide groups is 1. The molecule has 0 atom stereocenters. The van der Waals surface area contributed by atoms with Crippen LogP contribution in [0.5, 0.6) is 0 Å². The Morgan fingerprint density at radius 2 is 1.85 bits per heavy atom. The van der Waals surface area contributed by atoms with Crippen LogP contribution in [0.3, 0.4) is 0 Å². The first-order valence-electron chi connectivity index (χ1n) is 8.84. The van der Waals surface area contributed by atoms with Crippen LogP contribution >= 0.6 is 11.8 Å². The molecule has 1 aliphatic heterocycles. The van der Waals surface area contributed by atoms with E-state index in [0.29, 0.717) is 11.5 Å². The molecule has 0 spiro atoms. The maximum absolute atomic E-state index is 12.5. The van der Waals surface area contributed by atoms with E-state index in [1.54, 1.807) is 7.11 Å². The molecule has 1 aromatic heterocycles. The van der Waals surface area contributed by atoms with Crippen molar-refractivity contribution in [1.82, 2.24) is 9.47 Å². The van der Waals surface area contributed by atoms with Gasteiger partial charge in [0.1, 0.15) is 0 Å². The Balaban J connectivity index is 1.97. The summed E-state index contributed by atoms with van der Waals surface area (Å²) >= 11 is 0.986. The number of hydrogen-bond donors (Lipinski definition) is 0. The van der Waals surface area contributed by atoms with Crippen LogP contribution in [0.25, 0.3) is 11.8 Å². The Kier molecular flexibility index (Phi) is 5.58. The van der Waals surface area contributed by atoms with Gasteiger partial charge in [0.2, 0.25) is 0 Å². The summed E-state index contributed by atoms with van der Waals surface area (Å²) in [7, 11) is 1.55. The molecule has 1 aliphatic rings. The zero-order valence-electron chi connectivity index (χ0n) is 16.3. The summed E-state index contributed by atoms with van der Waals surface area (Å²) in [5.41, 5.74) is 6.63. The van der Waals surface area contributed by atoms with Crippen LogP contribution in [0.4, 0.5) is 4.79 Å². The Bertz CT molecular complexity index is 943. The molecular weight excluding hydrogens is 360 g/mol. The van der Waals surface area contributed by atoms with Gasteiger partial charge in [0.25, 0.3) is 11.1 Å². The molecule has 1 fully saturated rings. The fourth-order valence-corrected chi connectivity index (χ4v) is 4.23. The van der Waals surface area contributed by atoms with Gasteiger partial charge in [0.15, 0.2) is 0 Å². The summed E-state index contributed by atoms with van der Waals surface area (Å²) in [5.74, 6) is -0.252. The highest BCUT2D eigenvalue weighted by Gasteiger charge is 2.34. The van der Waals surface area contributed by atoms with Crippen molar-refractivity contribution >= 4 is 29.0 Å². The lowest BCUT2D eigenvalue weighted by Gasteiger charge is -2.13. The summed E-state index contributed by atoms with van der Waals surface area (Å²) in [4.78, 5) is 26.4. The first-order chi connectivity index (χ1) is 12.8. The number of benzene rings is 1. The number of rotatable bonds is 5. The quantitative estimate of drug-likeness (QED) is 0.717. The number of aryl methyl sites for hydroxylation is 3. The number of methoxy groups -OCH3 is 1. The number of carbonyl (C=O) groups is 2. The van der Waals surface area contributed by atoms with Gasteiger partial charge in [-0.25, -0.2) is 0 Å². The Hall–Kier alpha value is -2.31. The van der Waals surface area contributed by atoms with Crippen molar-refractivity contribution in [2.75, 3.05) is 20.3 Å². The predicted octanol–water partition coefficient (Wildman–Crippen LogP) is 4.39. The number of aromatic nitrogens is 1. The van der Waals surface area contributed by atoms with Crippen LogP contribution in [0, 0.1) is 27.7 Å². The average Bonchev–Trinajstić information content (AvgIpc) is 3.03. The number of amides is 2. The highest BCUT2D eigenvalue weighted by molar-refractivity contribution is 8.18. The molecule has 142 valence electrons. The van der Waals surface area contributed by atoms with E-state index >= 15 is 0 Å². The van der Waals surface area contributed by atoms with Gasteiger partial charge in [-0.3, -0.25) is 14.5 Å². The first-order valence-corrected chi connectivity index (χ1v) is 9.66. The minimum atomic E-state index is -0.252. The average molecular weight is 385 g/mol. The third-order valence-electron chi connectivity index (χ3n) is 4.74. The molecule has 0 aliphatic carbocycles. The van der Waals surface area contributed by atoms with Crippen LogP contribution in [0.1, 0.15) is 28.1 Å². The topological polar surface area (TPSA) is 51.5 Å². The minimum absolute atomic E-state index is 0.244. The number of thioether (sulfide) groups is 1. The van der Waals surface area contributed by atoms with Gasteiger partial charge in [0, 0.05) is 24.2 Å². The predicted molar refractivity (Wildman–Crippen MR) is 109 cm³/mol. The van der Waals surface area contributed by atoms with E-state index in [2.05, 4.69) is 42.7 Å². The zero-order chi connectivity index (χ0) is 19.7. The molecule has 0 saturated carbocycles. The molecule has 0 unspecified atom stereocenters. The van der Waals surface area contributed by atoms with Crippen molar-refractivity contribution in [3.63, 3.8) is 0 Å². The van der Waals surface area contributed by atoms with Gasteiger partial charge >= 0.3 is 0 Å². The maximum atomic E-state index is 12.5. The number of carbonyl (C=O) groups excluding carboxylic acids is 2. The molecule has 27 heavy (non-hydrogen) atoms. The lowest BCUT2D eigenvalue weighted by atomic mass is 10.1. The van der Waals surface area contributed by atoms with Crippen LogP contribution in [0.15, 0.2) is 29.2 Å². The normalized spacial score (nSPS) is 16.0. The molecule has 2 aromatic rings. The standard InChI is InChI=1S/C21H24N2O3S/c1-13-6-7-18(14(2)10-13)23-15(3)11-17(16(23)4)12-19-20(24)22(8-9-26-5)21(25)27-19/h6-7,10-12H,8-9H2,1-5H3/b19-12+. The molecule has 1 saturated heterocycles. The monoisotopic (exact) mass is 384 g/mol. The highest BCUT2D eigenvalue weighted by Crippen LogP contribution is 2.34. The summed E-state index contributed by atoms with van der Waals surface area (Å²) in [6.07, 6.45) is 1.82. The van der Waals surface area contributed by atoms with E-state index in [1.807, 2.05) is 19.9 Å². The van der Waals surface area contributed by atoms with E-state index in [4.69, 9.17) is 4.74 Å². The molecule has 1 aromatic carbocycles. The van der Waals surface area contributed by atoms with Gasteiger partial charge in [0.05, 0.1) is 18.1 Å². The lowest BCUT2D eigenvalue weighted by Crippen LogP contribution is -2.31. The highest BCUT2D eigenvalue weighted by atomic mass is 32.2. The van der Waals surface area contributed by atoms with Crippen LogP contribution < -0.4 is 0 Å². The number of hydrogen-bond acceptors (Lipinski definition) is 4. The third-order valence-corrected chi connectivity index (χ3v) is 5.65. The van der Waals surface area contributed by atoms with Gasteiger partial charge in [-0.1, -0.05) is 17.7 Å². The number of ether oxygens (including phenoxy) is 1. The van der Waals surface area contributed by atoms with Gasteiger partial charge in [-0.15, -0.1) is 0 Å². The van der Waals surface area contributed by atoms with Crippen molar-refractivity contribution in [3.8, 4) is 5.69 Å². The largest absolute Gasteiger partial charge is 0.383 e. The molecule has 3 rings (SSSR count). The molecule has 5 nitrogen and oxygen atoms in total. The minimum Gasteiger partial charge on any atom is -0.383 e. The second-order valence-electron chi connectivity index (χ2n) is 6.78. The smallest absolute Gasteiger partial charge is 0.293 e. The molecular formula is C21H24N2O3S. The van der Waals surface area contributed by atoms with Crippen molar-refractivity contribution in [2.24, 2.45) is 0 Å². The molecule has 2 amide bonds. The maximum Gasteiger partial charge on any atom is 0.293 e. The van der Waals surface area contributed by atoms with Crippen LogP contribution in [0.2, 0.25) is 0 Å². The lowest BCUT2D eigenvalue weighted by molar-refractivity contribution is -0.123. The number of nitrogens with zero attached hydrogens (tertiary/aromatic N) is 2. The van der Waals surface area contributed by atoms with E-state index in [9.17, 15) is 9.59 Å². The van der Waals surface area contributed by atoms with Crippen LogP contribution in [-0.2, 0) is 9.53 Å². The summed E-state index contributed by atoms with van der Waals surface area (Å²) in [6.45, 7) is 8.88. The van der Waals surface area contributed by atoms with E-state index in [0.717, 1.165) is 34.4 Å². The zero-order valence-corrected chi connectivity index (χ0v) is 17.1. The Labute approximate surface area is 164 Å². The van der Waals surface area contributed by atoms with Crippen molar-refractivity contribution < 1.29 is 14.3 Å². The van der Waals surface area contributed by atoms with E-state index < -0.39 is 0 Å². The molecule has 0 radical (unpaired) electrons. The Morgan fingerprint density at radius 3 is 2.52 bits per heavy atom. The van der Waals surface area contributed by atoms with Gasteiger partial charge < -0.3 is 9.30 Å². The molecule has 0 N–H and O–H groups in total. The van der Waals surface area contributed by atoms with E-state index in [-0.39, 0.29) is 17.7 Å². The van der Waals surface area contributed by atoms with Crippen molar-refractivity contribution in [2.45, 2.75) is 27.7 Å². The first kappa shape index (κ1) is 19.5. The van der Waals surface area contributed by atoms with Crippen LogP contribution in [-0.4, -0.2) is 40.9 Å². The SMILES string of the molecule is COCCN1C(=O)S/C(=C/c2cc(C)n(-c3ccc(C)cc3C)c2C)C1=O. The Morgan fingerprint density at radius 1 is 1.11 bits per heavy atom. The van der Waals surface area contributed by atoms with Gasteiger partial charge in [-0.05, 0) is 68.8 Å². The molecule has 2 heterocycles. The fourth-order valence-electron chi connectivity index (χ4n) is 3.38. The summed E-state index contributed by atoms with van der Waals surface area (Å²) in [6, 6.07) is 8.43. The second kappa shape index (κ2) is 7.74. The summed E-state index contributed by atoms with van der Waals surface area (Å²) < 4.78 is 7.17. The summed E-state index contributed by atoms with van der Waals surface area (Å²) in [5, 5.41) is -0.244. The van der Waals surface area contributed by atoms with Gasteiger partial charge in [-0.2, -0.15) is 0 Å². The van der Waals surface area contributed by atoms with E-state index in [1.165, 1.54) is 16.0 Å². The van der Waals surface area contributed by atoms with Crippen molar-refractivity contribution in [3.05, 3.63) is 57.2 Å². The third kappa shape index (κ3) is 3.73. The molecule has 6 heteroatoms. The second-order valence-corrected chi connectivity index (χ2v) is 7.77. The molecule has 0 bridgehead atoms. The fraction of sp³-hybridized carbons (Fsp3) is 0.333.